The second kappa shape index (κ2) is 9.22. The van der Waals surface area contributed by atoms with E-state index in [1.807, 2.05) is 39.5 Å². The molecule has 0 heterocycles. The van der Waals surface area contributed by atoms with Gasteiger partial charge in [-0.2, -0.15) is 0 Å². The highest BCUT2D eigenvalue weighted by molar-refractivity contribution is 5.00. The fourth-order valence-corrected chi connectivity index (χ4v) is 1.26. The number of hydrogen-bond donors (Lipinski definition) is 1. The van der Waals surface area contributed by atoms with E-state index in [0.29, 0.717) is 32.2 Å². The van der Waals surface area contributed by atoms with E-state index in [-0.39, 0.29) is 5.41 Å². The SMILES string of the molecule is CCOCCN(/C=C(\O)C(C)(C)C)CCOCC. The first-order valence-corrected chi connectivity index (χ1v) is 6.72. The van der Waals surface area contributed by atoms with Crippen LogP contribution in [0.4, 0.5) is 0 Å². The second-order valence-corrected chi connectivity index (χ2v) is 5.19. The number of allylic oxidation sites excluding steroid dienone is 1. The Morgan fingerprint density at radius 2 is 1.50 bits per heavy atom. The van der Waals surface area contributed by atoms with Gasteiger partial charge in [0.1, 0.15) is 5.76 Å². The van der Waals surface area contributed by atoms with Gasteiger partial charge in [0, 0.05) is 37.9 Å². The summed E-state index contributed by atoms with van der Waals surface area (Å²) in [5.41, 5.74) is -0.227. The van der Waals surface area contributed by atoms with Crippen molar-refractivity contribution in [2.24, 2.45) is 5.41 Å². The molecular formula is C14H29NO3. The lowest BCUT2D eigenvalue weighted by Gasteiger charge is -2.24. The first kappa shape index (κ1) is 17.3. The number of rotatable bonds is 9. The van der Waals surface area contributed by atoms with Crippen LogP contribution in [0.3, 0.4) is 0 Å². The van der Waals surface area contributed by atoms with Crippen LogP contribution in [-0.2, 0) is 9.47 Å². The molecule has 0 aliphatic carbocycles. The Kier molecular flexibility index (Phi) is 8.85. The monoisotopic (exact) mass is 259 g/mol. The van der Waals surface area contributed by atoms with E-state index in [1.165, 1.54) is 0 Å². The van der Waals surface area contributed by atoms with E-state index in [0.717, 1.165) is 13.1 Å². The van der Waals surface area contributed by atoms with Crippen LogP contribution in [0.2, 0.25) is 0 Å². The van der Waals surface area contributed by atoms with Gasteiger partial charge in [0.05, 0.1) is 13.2 Å². The van der Waals surface area contributed by atoms with Gasteiger partial charge >= 0.3 is 0 Å². The Balaban J connectivity index is 4.35. The maximum atomic E-state index is 10.0. The van der Waals surface area contributed by atoms with Gasteiger partial charge in [-0.15, -0.1) is 0 Å². The second-order valence-electron chi connectivity index (χ2n) is 5.19. The molecule has 0 saturated heterocycles. The van der Waals surface area contributed by atoms with Crippen LogP contribution >= 0.6 is 0 Å². The lowest BCUT2D eigenvalue weighted by molar-refractivity contribution is 0.0977. The van der Waals surface area contributed by atoms with Gasteiger partial charge in [-0.1, -0.05) is 20.8 Å². The average molecular weight is 259 g/mol. The van der Waals surface area contributed by atoms with Crippen molar-refractivity contribution in [3.63, 3.8) is 0 Å². The summed E-state index contributed by atoms with van der Waals surface area (Å²) in [4.78, 5) is 2.05. The molecule has 1 N–H and O–H groups in total. The highest BCUT2D eigenvalue weighted by Gasteiger charge is 2.17. The van der Waals surface area contributed by atoms with Crippen molar-refractivity contribution < 1.29 is 14.6 Å². The quantitative estimate of drug-likeness (QED) is 0.511. The van der Waals surface area contributed by atoms with Crippen LogP contribution in [0.15, 0.2) is 12.0 Å². The third-order valence-corrected chi connectivity index (χ3v) is 2.53. The van der Waals surface area contributed by atoms with Gasteiger partial charge in [-0.05, 0) is 13.8 Å². The fraction of sp³-hybridized carbons (Fsp3) is 0.857. The Hall–Kier alpha value is -0.740. The zero-order chi connectivity index (χ0) is 14.0. The Morgan fingerprint density at radius 3 is 1.83 bits per heavy atom. The standard InChI is InChI=1S/C14H29NO3/c1-6-17-10-8-15(9-11-18-7-2)12-13(16)14(3,4)5/h12,16H,6-11H2,1-5H3/b13-12-. The van der Waals surface area contributed by atoms with Gasteiger partial charge in [0.15, 0.2) is 0 Å². The zero-order valence-corrected chi connectivity index (χ0v) is 12.5. The van der Waals surface area contributed by atoms with Gasteiger partial charge in [-0.25, -0.2) is 0 Å². The van der Waals surface area contributed by atoms with Crippen molar-refractivity contribution in [1.29, 1.82) is 0 Å². The molecule has 0 aromatic carbocycles. The van der Waals surface area contributed by atoms with Crippen molar-refractivity contribution in [2.75, 3.05) is 39.5 Å². The molecule has 0 saturated carbocycles. The van der Waals surface area contributed by atoms with Crippen LogP contribution < -0.4 is 0 Å². The van der Waals surface area contributed by atoms with E-state index < -0.39 is 0 Å². The topological polar surface area (TPSA) is 41.9 Å². The minimum absolute atomic E-state index is 0.227. The summed E-state index contributed by atoms with van der Waals surface area (Å²) in [5, 5.41) is 10.0. The van der Waals surface area contributed by atoms with Gasteiger partial charge in [0.25, 0.3) is 0 Å². The molecule has 0 aromatic rings. The molecule has 0 unspecified atom stereocenters. The number of aliphatic hydroxyl groups is 1. The maximum Gasteiger partial charge on any atom is 0.113 e. The van der Waals surface area contributed by atoms with Crippen molar-refractivity contribution in [3.8, 4) is 0 Å². The highest BCUT2D eigenvalue weighted by atomic mass is 16.5. The third-order valence-electron chi connectivity index (χ3n) is 2.53. The Bertz CT molecular complexity index is 224. The number of nitrogens with zero attached hydrogens (tertiary/aromatic N) is 1. The smallest absolute Gasteiger partial charge is 0.113 e. The molecule has 0 spiro atoms. The molecule has 0 amide bonds. The van der Waals surface area contributed by atoms with Crippen LogP contribution in [0.25, 0.3) is 0 Å². The summed E-state index contributed by atoms with van der Waals surface area (Å²) in [5.74, 6) is 0.385. The molecule has 108 valence electrons. The van der Waals surface area contributed by atoms with E-state index in [2.05, 4.69) is 0 Å². The highest BCUT2D eigenvalue weighted by Crippen LogP contribution is 2.22. The van der Waals surface area contributed by atoms with Crippen molar-refractivity contribution in [2.45, 2.75) is 34.6 Å². The molecule has 0 rings (SSSR count). The van der Waals surface area contributed by atoms with E-state index >= 15 is 0 Å². The lowest BCUT2D eigenvalue weighted by Crippen LogP contribution is -2.28. The number of hydrogen-bond acceptors (Lipinski definition) is 4. The molecule has 0 aliphatic rings. The van der Waals surface area contributed by atoms with Crippen LogP contribution in [0.5, 0.6) is 0 Å². The summed E-state index contributed by atoms with van der Waals surface area (Å²) in [6.45, 7) is 14.2. The molecule has 0 aromatic heterocycles. The maximum absolute atomic E-state index is 10.0. The minimum Gasteiger partial charge on any atom is -0.510 e. The molecule has 0 atom stereocenters. The Morgan fingerprint density at radius 1 is 1.06 bits per heavy atom. The van der Waals surface area contributed by atoms with Crippen LogP contribution in [-0.4, -0.2) is 49.5 Å². The molecule has 0 radical (unpaired) electrons. The van der Waals surface area contributed by atoms with E-state index in [9.17, 15) is 5.11 Å². The van der Waals surface area contributed by atoms with Crippen molar-refractivity contribution >= 4 is 0 Å². The van der Waals surface area contributed by atoms with Gasteiger partial charge < -0.3 is 19.5 Å². The summed E-state index contributed by atoms with van der Waals surface area (Å²) in [6, 6.07) is 0. The molecule has 18 heavy (non-hydrogen) atoms. The third kappa shape index (κ3) is 8.37. The normalized spacial score (nSPS) is 12.8. The number of aliphatic hydroxyl groups excluding tert-OH is 1. The molecule has 4 nitrogen and oxygen atoms in total. The van der Waals surface area contributed by atoms with Crippen molar-refractivity contribution in [3.05, 3.63) is 12.0 Å². The van der Waals surface area contributed by atoms with Gasteiger partial charge in [-0.3, -0.25) is 0 Å². The zero-order valence-electron chi connectivity index (χ0n) is 12.5. The van der Waals surface area contributed by atoms with E-state index in [1.54, 1.807) is 6.20 Å². The molecule has 4 heteroatoms. The first-order valence-electron chi connectivity index (χ1n) is 6.72. The predicted octanol–water partition coefficient (Wildman–Crippen LogP) is 2.81. The minimum atomic E-state index is -0.227. The van der Waals surface area contributed by atoms with Crippen LogP contribution in [0.1, 0.15) is 34.6 Å². The summed E-state index contributed by atoms with van der Waals surface area (Å²) < 4.78 is 10.7. The Labute approximate surface area is 112 Å². The largest absolute Gasteiger partial charge is 0.510 e. The predicted molar refractivity (Wildman–Crippen MR) is 74.7 cm³/mol. The first-order chi connectivity index (χ1) is 8.41. The molecular weight excluding hydrogens is 230 g/mol. The van der Waals surface area contributed by atoms with Crippen molar-refractivity contribution in [1.82, 2.24) is 4.90 Å². The summed E-state index contributed by atoms with van der Waals surface area (Å²) in [7, 11) is 0. The number of ether oxygens (including phenoxy) is 2. The molecule has 0 bridgehead atoms. The van der Waals surface area contributed by atoms with E-state index in [4.69, 9.17) is 9.47 Å². The fourth-order valence-electron chi connectivity index (χ4n) is 1.26. The molecule has 0 aliphatic heterocycles. The summed E-state index contributed by atoms with van der Waals surface area (Å²) >= 11 is 0. The molecule has 0 fully saturated rings. The lowest BCUT2D eigenvalue weighted by atomic mass is 9.94. The summed E-state index contributed by atoms with van der Waals surface area (Å²) in [6.07, 6.45) is 1.80. The van der Waals surface area contributed by atoms with Crippen LogP contribution in [0, 0.1) is 5.41 Å². The average Bonchev–Trinajstić information content (AvgIpc) is 2.28. The van der Waals surface area contributed by atoms with Gasteiger partial charge in [0.2, 0.25) is 0 Å².